The van der Waals surface area contributed by atoms with Crippen LogP contribution >= 0.6 is 0 Å². The van der Waals surface area contributed by atoms with Gasteiger partial charge in [0.25, 0.3) is 0 Å². The number of hydrogen-bond donors (Lipinski definition) is 1. The van der Waals surface area contributed by atoms with Crippen molar-refractivity contribution < 1.29 is 0 Å². The first kappa shape index (κ1) is 10.6. The van der Waals surface area contributed by atoms with E-state index in [0.717, 1.165) is 11.4 Å². The largest absolute Gasteiger partial charge is 0.377 e. The van der Waals surface area contributed by atoms with Crippen molar-refractivity contribution in [1.82, 2.24) is 9.97 Å². The molecule has 2 rings (SSSR count). The lowest BCUT2D eigenvalue weighted by Gasteiger charge is -2.15. The molecule has 0 fully saturated rings. The second-order valence-corrected chi connectivity index (χ2v) is 3.81. The summed E-state index contributed by atoms with van der Waals surface area (Å²) in [5, 5.41) is 3.42. The molecule has 1 unspecified atom stereocenters. The van der Waals surface area contributed by atoms with Crippen molar-refractivity contribution in [2.45, 2.75) is 19.9 Å². The van der Waals surface area contributed by atoms with E-state index in [9.17, 15) is 0 Å². The maximum atomic E-state index is 4.28. The molecule has 82 valence electrons. The number of benzene rings is 1. The van der Waals surface area contributed by atoms with E-state index in [1.165, 1.54) is 5.56 Å². The Kier molecular flexibility index (Phi) is 3.15. The Morgan fingerprint density at radius 3 is 2.69 bits per heavy atom. The normalized spacial score (nSPS) is 12.1. The predicted octanol–water partition coefficient (Wildman–Crippen LogP) is 2.96. The van der Waals surface area contributed by atoms with Gasteiger partial charge in [0.1, 0.15) is 0 Å². The van der Waals surface area contributed by atoms with Gasteiger partial charge in [0, 0.05) is 18.1 Å². The lowest BCUT2D eigenvalue weighted by Crippen LogP contribution is -2.09. The smallest absolute Gasteiger partial charge is 0.0806 e. The third-order valence-corrected chi connectivity index (χ3v) is 2.54. The molecular formula is C13H15N3. The van der Waals surface area contributed by atoms with Gasteiger partial charge in [-0.2, -0.15) is 0 Å². The maximum absolute atomic E-state index is 4.28. The van der Waals surface area contributed by atoms with Crippen molar-refractivity contribution in [2.24, 2.45) is 0 Å². The van der Waals surface area contributed by atoms with E-state index in [2.05, 4.69) is 41.3 Å². The summed E-state index contributed by atoms with van der Waals surface area (Å²) < 4.78 is 0. The highest BCUT2D eigenvalue weighted by Gasteiger charge is 2.07. The number of rotatable bonds is 3. The molecule has 1 aromatic carbocycles. The van der Waals surface area contributed by atoms with E-state index < -0.39 is 0 Å². The first-order valence-corrected chi connectivity index (χ1v) is 5.35. The number of aryl methyl sites for hydroxylation is 1. The lowest BCUT2D eigenvalue weighted by molar-refractivity contribution is 0.826. The number of para-hydroxylation sites is 1. The van der Waals surface area contributed by atoms with Crippen molar-refractivity contribution in [1.29, 1.82) is 0 Å². The predicted molar refractivity (Wildman–Crippen MR) is 65.2 cm³/mol. The van der Waals surface area contributed by atoms with Crippen LogP contribution in [0.15, 0.2) is 42.9 Å². The Hall–Kier alpha value is -1.90. The zero-order valence-electron chi connectivity index (χ0n) is 9.51. The molecule has 1 atom stereocenters. The number of anilines is 1. The minimum Gasteiger partial charge on any atom is -0.377 e. The molecule has 1 aromatic heterocycles. The minimum absolute atomic E-state index is 0.162. The molecule has 0 aliphatic rings. The molecule has 2 aromatic rings. The van der Waals surface area contributed by atoms with Gasteiger partial charge in [-0.3, -0.25) is 9.97 Å². The van der Waals surface area contributed by atoms with Gasteiger partial charge in [-0.25, -0.2) is 0 Å². The third-order valence-electron chi connectivity index (χ3n) is 2.54. The summed E-state index contributed by atoms with van der Waals surface area (Å²) in [6.45, 7) is 4.17. The van der Waals surface area contributed by atoms with Crippen LogP contribution in [0.5, 0.6) is 0 Å². The molecule has 0 saturated heterocycles. The third kappa shape index (κ3) is 2.37. The first-order chi connectivity index (χ1) is 7.77. The van der Waals surface area contributed by atoms with E-state index in [4.69, 9.17) is 0 Å². The highest BCUT2D eigenvalue weighted by Crippen LogP contribution is 2.19. The average Bonchev–Trinajstić information content (AvgIpc) is 2.33. The summed E-state index contributed by atoms with van der Waals surface area (Å²) in [4.78, 5) is 8.35. The second-order valence-electron chi connectivity index (χ2n) is 3.81. The summed E-state index contributed by atoms with van der Waals surface area (Å²) in [7, 11) is 0. The summed E-state index contributed by atoms with van der Waals surface area (Å²) in [6, 6.07) is 8.38. The highest BCUT2D eigenvalue weighted by atomic mass is 14.9. The number of nitrogens with zero attached hydrogens (tertiary/aromatic N) is 2. The van der Waals surface area contributed by atoms with Crippen LogP contribution in [0.2, 0.25) is 0 Å². The van der Waals surface area contributed by atoms with E-state index >= 15 is 0 Å². The zero-order valence-corrected chi connectivity index (χ0v) is 9.51. The van der Waals surface area contributed by atoms with Crippen LogP contribution in [0.3, 0.4) is 0 Å². The lowest BCUT2D eigenvalue weighted by atomic mass is 10.1. The van der Waals surface area contributed by atoms with Crippen molar-refractivity contribution >= 4 is 5.69 Å². The molecule has 3 heteroatoms. The molecule has 0 amide bonds. The van der Waals surface area contributed by atoms with Crippen molar-refractivity contribution in [3.8, 4) is 0 Å². The monoisotopic (exact) mass is 213 g/mol. The van der Waals surface area contributed by atoms with Crippen LogP contribution in [-0.2, 0) is 0 Å². The SMILES string of the molecule is Cc1ccccc1NC(C)c1cnccn1. The first-order valence-electron chi connectivity index (χ1n) is 5.35. The number of aromatic nitrogens is 2. The van der Waals surface area contributed by atoms with Crippen molar-refractivity contribution in [2.75, 3.05) is 5.32 Å². The molecule has 1 heterocycles. The Morgan fingerprint density at radius 2 is 2.00 bits per heavy atom. The van der Waals surface area contributed by atoms with Gasteiger partial charge in [0.05, 0.1) is 17.9 Å². The summed E-state index contributed by atoms with van der Waals surface area (Å²) >= 11 is 0. The molecule has 16 heavy (non-hydrogen) atoms. The molecule has 0 bridgehead atoms. The molecule has 1 N–H and O–H groups in total. The fourth-order valence-electron chi connectivity index (χ4n) is 1.58. The standard InChI is InChI=1S/C13H15N3/c1-10-5-3-4-6-12(10)16-11(2)13-9-14-7-8-15-13/h3-9,11,16H,1-2H3. The van der Waals surface area contributed by atoms with Crippen LogP contribution in [-0.4, -0.2) is 9.97 Å². The van der Waals surface area contributed by atoms with Crippen LogP contribution in [0.25, 0.3) is 0 Å². The number of nitrogens with one attached hydrogen (secondary N) is 1. The van der Waals surface area contributed by atoms with Crippen LogP contribution in [0, 0.1) is 6.92 Å². The zero-order chi connectivity index (χ0) is 11.4. The van der Waals surface area contributed by atoms with Crippen LogP contribution in [0.1, 0.15) is 24.2 Å². The van der Waals surface area contributed by atoms with Gasteiger partial charge in [-0.1, -0.05) is 18.2 Å². The quantitative estimate of drug-likeness (QED) is 0.851. The molecule has 0 aliphatic heterocycles. The van der Waals surface area contributed by atoms with E-state index in [1.54, 1.807) is 18.6 Å². The molecular weight excluding hydrogens is 198 g/mol. The summed E-state index contributed by atoms with van der Waals surface area (Å²) in [6.07, 6.45) is 5.19. The summed E-state index contributed by atoms with van der Waals surface area (Å²) in [5.41, 5.74) is 3.32. The fourth-order valence-corrected chi connectivity index (χ4v) is 1.58. The van der Waals surface area contributed by atoms with Crippen molar-refractivity contribution in [3.05, 3.63) is 54.1 Å². The van der Waals surface area contributed by atoms with Gasteiger partial charge >= 0.3 is 0 Å². The van der Waals surface area contributed by atoms with Crippen LogP contribution < -0.4 is 5.32 Å². The topological polar surface area (TPSA) is 37.8 Å². The molecule has 0 spiro atoms. The average molecular weight is 213 g/mol. The van der Waals surface area contributed by atoms with Gasteiger partial charge in [-0.15, -0.1) is 0 Å². The van der Waals surface area contributed by atoms with Crippen molar-refractivity contribution in [3.63, 3.8) is 0 Å². The Labute approximate surface area is 95.6 Å². The second kappa shape index (κ2) is 4.75. The Morgan fingerprint density at radius 1 is 1.19 bits per heavy atom. The van der Waals surface area contributed by atoms with Gasteiger partial charge in [0.15, 0.2) is 0 Å². The van der Waals surface area contributed by atoms with Gasteiger partial charge in [0.2, 0.25) is 0 Å². The van der Waals surface area contributed by atoms with Crippen LogP contribution in [0.4, 0.5) is 5.69 Å². The molecule has 0 aliphatic carbocycles. The fraction of sp³-hybridized carbons (Fsp3) is 0.231. The maximum Gasteiger partial charge on any atom is 0.0806 e. The molecule has 3 nitrogen and oxygen atoms in total. The minimum atomic E-state index is 0.162. The summed E-state index contributed by atoms with van der Waals surface area (Å²) in [5.74, 6) is 0. The van der Waals surface area contributed by atoms with E-state index in [-0.39, 0.29) is 6.04 Å². The van der Waals surface area contributed by atoms with Gasteiger partial charge in [-0.05, 0) is 25.5 Å². The van der Waals surface area contributed by atoms with E-state index in [1.807, 2.05) is 12.1 Å². The molecule has 0 radical (unpaired) electrons. The highest BCUT2D eigenvalue weighted by molar-refractivity contribution is 5.51. The van der Waals surface area contributed by atoms with E-state index in [0.29, 0.717) is 0 Å². The van der Waals surface area contributed by atoms with Gasteiger partial charge < -0.3 is 5.32 Å². The Balaban J connectivity index is 2.14. The molecule has 0 saturated carbocycles. The Bertz CT molecular complexity index is 454. The number of hydrogen-bond acceptors (Lipinski definition) is 3.